The summed E-state index contributed by atoms with van der Waals surface area (Å²) in [7, 11) is -1.44. The van der Waals surface area contributed by atoms with Crippen LogP contribution < -0.4 is 5.76 Å². The molecule has 2 saturated heterocycles. The molecular formula is C15H20N4O4S. The van der Waals surface area contributed by atoms with Gasteiger partial charge >= 0.3 is 5.76 Å². The van der Waals surface area contributed by atoms with Crippen molar-refractivity contribution >= 4 is 21.1 Å². The van der Waals surface area contributed by atoms with Crippen molar-refractivity contribution in [2.24, 2.45) is 0 Å². The number of aromatic amines is 1. The monoisotopic (exact) mass is 352 g/mol. The highest BCUT2D eigenvalue weighted by molar-refractivity contribution is 7.89. The van der Waals surface area contributed by atoms with Gasteiger partial charge in [0.2, 0.25) is 10.0 Å². The van der Waals surface area contributed by atoms with Crippen molar-refractivity contribution in [3.63, 3.8) is 0 Å². The molecule has 8 nitrogen and oxygen atoms in total. The molecule has 130 valence electrons. The number of likely N-dealkylation sites (N-methyl/N-ethyl adjacent to an activating group) is 1. The van der Waals surface area contributed by atoms with E-state index in [0.717, 1.165) is 26.2 Å². The third-order valence-electron chi connectivity index (χ3n) is 4.91. The van der Waals surface area contributed by atoms with Gasteiger partial charge in [0.05, 0.1) is 10.4 Å². The molecule has 2 aliphatic rings. The molecule has 0 saturated carbocycles. The summed E-state index contributed by atoms with van der Waals surface area (Å²) in [6.45, 7) is 5.03. The van der Waals surface area contributed by atoms with E-state index in [4.69, 9.17) is 4.42 Å². The van der Waals surface area contributed by atoms with Gasteiger partial charge in [-0.1, -0.05) is 0 Å². The van der Waals surface area contributed by atoms with Gasteiger partial charge in [-0.05, 0) is 19.2 Å². The maximum absolute atomic E-state index is 12.7. The number of rotatable bonds is 3. The summed E-state index contributed by atoms with van der Waals surface area (Å²) in [6.07, 6.45) is 0. The second-order valence-electron chi connectivity index (χ2n) is 6.49. The summed E-state index contributed by atoms with van der Waals surface area (Å²) >= 11 is 0. The molecule has 0 atom stereocenters. The maximum atomic E-state index is 12.7. The van der Waals surface area contributed by atoms with E-state index >= 15 is 0 Å². The first-order valence-corrected chi connectivity index (χ1v) is 9.43. The topological polar surface area (TPSA) is 89.9 Å². The molecule has 0 amide bonds. The summed E-state index contributed by atoms with van der Waals surface area (Å²) in [5.74, 6) is -0.585. The first-order valence-electron chi connectivity index (χ1n) is 7.99. The van der Waals surface area contributed by atoms with Crippen LogP contribution in [0.4, 0.5) is 0 Å². The van der Waals surface area contributed by atoms with E-state index in [1.54, 1.807) is 6.07 Å². The molecular weight excluding hydrogens is 332 g/mol. The van der Waals surface area contributed by atoms with Gasteiger partial charge in [-0.2, -0.15) is 4.31 Å². The maximum Gasteiger partial charge on any atom is 0.417 e. The molecule has 0 aliphatic carbocycles. The SMILES string of the molecule is CN1CCN(C2CN(S(=O)(=O)c3ccc4[nH]c(=O)oc4c3)C2)CC1. The Balaban J connectivity index is 1.48. The minimum absolute atomic E-state index is 0.162. The lowest BCUT2D eigenvalue weighted by atomic mass is 10.1. The Bertz CT molecular complexity index is 905. The molecule has 0 unspecified atom stereocenters. The number of hydrogen-bond acceptors (Lipinski definition) is 6. The van der Waals surface area contributed by atoms with Crippen LogP contribution in [-0.4, -0.2) is 79.9 Å². The van der Waals surface area contributed by atoms with E-state index in [-0.39, 0.29) is 10.5 Å². The predicted molar refractivity (Wildman–Crippen MR) is 88.5 cm³/mol. The smallest absolute Gasteiger partial charge is 0.408 e. The van der Waals surface area contributed by atoms with Gasteiger partial charge < -0.3 is 9.32 Å². The number of sulfonamides is 1. The fourth-order valence-corrected chi connectivity index (χ4v) is 4.80. The lowest BCUT2D eigenvalue weighted by molar-refractivity contribution is 0.0484. The van der Waals surface area contributed by atoms with E-state index in [2.05, 4.69) is 21.8 Å². The summed E-state index contributed by atoms with van der Waals surface area (Å²) in [5.41, 5.74) is 0.759. The average molecular weight is 352 g/mol. The van der Waals surface area contributed by atoms with Crippen molar-refractivity contribution in [2.75, 3.05) is 46.3 Å². The molecule has 1 aromatic carbocycles. The summed E-state index contributed by atoms with van der Waals surface area (Å²) in [5, 5.41) is 0. The molecule has 1 aromatic heterocycles. The third kappa shape index (κ3) is 2.67. The van der Waals surface area contributed by atoms with Crippen molar-refractivity contribution in [3.05, 3.63) is 28.7 Å². The standard InChI is InChI=1S/C15H20N4O4S/c1-17-4-6-18(7-5-17)11-9-19(10-11)24(21,22)12-2-3-13-14(8-12)23-15(20)16-13/h2-3,8,11H,4-7,9-10H2,1H3,(H,16,20). The van der Waals surface area contributed by atoms with Gasteiger partial charge in [0.15, 0.2) is 5.58 Å². The van der Waals surface area contributed by atoms with Crippen molar-refractivity contribution in [2.45, 2.75) is 10.9 Å². The Hall–Kier alpha value is -1.68. The number of nitrogens with zero attached hydrogens (tertiary/aromatic N) is 3. The van der Waals surface area contributed by atoms with Crippen LogP contribution in [-0.2, 0) is 10.0 Å². The van der Waals surface area contributed by atoms with Crippen molar-refractivity contribution < 1.29 is 12.8 Å². The Morgan fingerprint density at radius 2 is 1.88 bits per heavy atom. The number of hydrogen-bond donors (Lipinski definition) is 1. The van der Waals surface area contributed by atoms with Gasteiger partial charge in [-0.15, -0.1) is 0 Å². The van der Waals surface area contributed by atoms with E-state index in [1.807, 2.05) is 0 Å². The zero-order valence-corrected chi connectivity index (χ0v) is 14.3. The highest BCUT2D eigenvalue weighted by Crippen LogP contribution is 2.26. The van der Waals surface area contributed by atoms with Crippen LogP contribution in [0.25, 0.3) is 11.1 Å². The largest absolute Gasteiger partial charge is 0.417 e. The summed E-state index contributed by atoms with van der Waals surface area (Å²) in [6, 6.07) is 4.77. The van der Waals surface area contributed by atoms with Crippen LogP contribution in [0.1, 0.15) is 0 Å². The van der Waals surface area contributed by atoms with Crippen molar-refractivity contribution in [3.8, 4) is 0 Å². The first-order chi connectivity index (χ1) is 11.4. The Morgan fingerprint density at radius 3 is 2.58 bits per heavy atom. The lowest BCUT2D eigenvalue weighted by Crippen LogP contribution is -2.63. The van der Waals surface area contributed by atoms with Crippen LogP contribution in [0.2, 0.25) is 0 Å². The van der Waals surface area contributed by atoms with Gasteiger partial charge in [-0.25, -0.2) is 13.2 Å². The van der Waals surface area contributed by atoms with Gasteiger partial charge in [0, 0.05) is 51.4 Å². The molecule has 0 spiro atoms. The molecule has 2 aromatic rings. The van der Waals surface area contributed by atoms with Crippen LogP contribution in [0, 0.1) is 0 Å². The Morgan fingerprint density at radius 1 is 1.17 bits per heavy atom. The fourth-order valence-electron chi connectivity index (χ4n) is 3.27. The quantitative estimate of drug-likeness (QED) is 0.819. The fraction of sp³-hybridized carbons (Fsp3) is 0.533. The van der Waals surface area contributed by atoms with E-state index < -0.39 is 15.8 Å². The van der Waals surface area contributed by atoms with E-state index in [9.17, 15) is 13.2 Å². The summed E-state index contributed by atoms with van der Waals surface area (Å²) in [4.78, 5) is 18.5. The third-order valence-corrected chi connectivity index (χ3v) is 6.74. The number of H-pyrrole nitrogens is 1. The highest BCUT2D eigenvalue weighted by atomic mass is 32.2. The first kappa shape index (κ1) is 15.8. The zero-order chi connectivity index (χ0) is 16.9. The van der Waals surface area contributed by atoms with Crippen molar-refractivity contribution in [1.82, 2.24) is 19.1 Å². The number of oxazole rings is 1. The van der Waals surface area contributed by atoms with E-state index in [0.29, 0.717) is 24.6 Å². The van der Waals surface area contributed by atoms with Crippen LogP contribution in [0.3, 0.4) is 0 Å². The lowest BCUT2D eigenvalue weighted by Gasteiger charge is -2.46. The summed E-state index contributed by atoms with van der Waals surface area (Å²) < 4.78 is 31.9. The zero-order valence-electron chi connectivity index (χ0n) is 13.4. The van der Waals surface area contributed by atoms with Crippen LogP contribution in [0.5, 0.6) is 0 Å². The van der Waals surface area contributed by atoms with Gasteiger partial charge in [0.25, 0.3) is 0 Å². The van der Waals surface area contributed by atoms with Crippen LogP contribution >= 0.6 is 0 Å². The second kappa shape index (κ2) is 5.69. The average Bonchev–Trinajstić information content (AvgIpc) is 2.86. The molecule has 4 rings (SSSR count). The molecule has 0 bridgehead atoms. The normalized spacial score (nSPS) is 22.0. The van der Waals surface area contributed by atoms with Crippen molar-refractivity contribution in [1.29, 1.82) is 0 Å². The number of nitrogens with one attached hydrogen (secondary N) is 1. The van der Waals surface area contributed by atoms with Gasteiger partial charge in [0.1, 0.15) is 0 Å². The molecule has 2 aliphatic heterocycles. The minimum atomic E-state index is -3.55. The number of fused-ring (bicyclic) bond motifs is 1. The molecule has 3 heterocycles. The Kier molecular flexibility index (Phi) is 3.75. The van der Waals surface area contributed by atoms with Crippen LogP contribution in [0.15, 0.2) is 32.3 Å². The predicted octanol–water partition coefficient (Wildman–Crippen LogP) is -0.259. The van der Waals surface area contributed by atoms with E-state index in [1.165, 1.54) is 16.4 Å². The van der Waals surface area contributed by atoms with Gasteiger partial charge in [-0.3, -0.25) is 9.88 Å². The molecule has 9 heteroatoms. The molecule has 1 N–H and O–H groups in total. The minimum Gasteiger partial charge on any atom is -0.408 e. The Labute approximate surface area is 139 Å². The number of benzene rings is 1. The highest BCUT2D eigenvalue weighted by Gasteiger charge is 2.40. The molecule has 0 radical (unpaired) electrons. The number of aromatic nitrogens is 1. The molecule has 24 heavy (non-hydrogen) atoms. The number of piperazine rings is 1. The molecule has 2 fully saturated rings. The second-order valence-corrected chi connectivity index (χ2v) is 8.43.